The number of nitrogens with one attached hydrogen (secondary N) is 2. The number of ether oxygens (including phenoxy) is 1. The molecule has 2 heterocycles. The van der Waals surface area contributed by atoms with Gasteiger partial charge in [0.2, 0.25) is 5.91 Å². The lowest BCUT2D eigenvalue weighted by Crippen LogP contribution is -2.14. The number of amides is 1. The number of H-pyrrole nitrogens is 1. The number of fused-ring (bicyclic) bond motifs is 1. The summed E-state index contributed by atoms with van der Waals surface area (Å²) in [5, 5.41) is 13.7. The van der Waals surface area contributed by atoms with Gasteiger partial charge in [-0.3, -0.25) is 9.36 Å². The van der Waals surface area contributed by atoms with Crippen molar-refractivity contribution in [3.05, 3.63) is 54.7 Å². The molecule has 5 rings (SSSR count). The number of nitrogens with zero attached hydrogens (tertiary/aromatic N) is 3. The van der Waals surface area contributed by atoms with Crippen LogP contribution >= 0.6 is 11.8 Å². The molecule has 1 fully saturated rings. The van der Waals surface area contributed by atoms with Crippen molar-refractivity contribution in [3.8, 4) is 17.1 Å². The molecule has 7 nitrogen and oxygen atoms in total. The van der Waals surface area contributed by atoms with Crippen LogP contribution in [0.1, 0.15) is 25.8 Å². The molecule has 158 valence electrons. The molecular weight excluding hydrogens is 410 g/mol. The maximum absolute atomic E-state index is 12.5. The Kier molecular flexibility index (Phi) is 5.38. The number of hydrogen-bond donors (Lipinski definition) is 2. The summed E-state index contributed by atoms with van der Waals surface area (Å²) in [6, 6.07) is 16.0. The van der Waals surface area contributed by atoms with Gasteiger partial charge in [0, 0.05) is 34.4 Å². The zero-order chi connectivity index (χ0) is 21.2. The molecule has 31 heavy (non-hydrogen) atoms. The number of para-hydroxylation sites is 1. The second-order valence-electron chi connectivity index (χ2n) is 7.45. The van der Waals surface area contributed by atoms with Crippen LogP contribution in [0.25, 0.3) is 22.3 Å². The molecule has 2 aromatic heterocycles. The fourth-order valence-electron chi connectivity index (χ4n) is 3.61. The van der Waals surface area contributed by atoms with Crippen molar-refractivity contribution in [1.82, 2.24) is 19.7 Å². The number of carbonyl (C=O) groups is 1. The van der Waals surface area contributed by atoms with Crippen LogP contribution in [0.2, 0.25) is 0 Å². The molecule has 1 saturated carbocycles. The minimum atomic E-state index is -0.0758. The zero-order valence-electron chi connectivity index (χ0n) is 17.2. The lowest BCUT2D eigenvalue weighted by Gasteiger charge is -2.09. The number of thioether (sulfide) groups is 1. The summed E-state index contributed by atoms with van der Waals surface area (Å²) in [7, 11) is 0. The maximum Gasteiger partial charge on any atom is 0.234 e. The van der Waals surface area contributed by atoms with E-state index in [-0.39, 0.29) is 11.7 Å². The van der Waals surface area contributed by atoms with E-state index in [9.17, 15) is 4.79 Å². The zero-order valence-corrected chi connectivity index (χ0v) is 18.0. The first-order chi connectivity index (χ1) is 15.2. The second-order valence-corrected chi connectivity index (χ2v) is 8.39. The molecule has 1 amide bonds. The molecule has 2 aromatic carbocycles. The van der Waals surface area contributed by atoms with Crippen molar-refractivity contribution in [3.63, 3.8) is 0 Å². The van der Waals surface area contributed by atoms with E-state index in [0.29, 0.717) is 12.6 Å². The van der Waals surface area contributed by atoms with Crippen molar-refractivity contribution < 1.29 is 9.53 Å². The van der Waals surface area contributed by atoms with Gasteiger partial charge in [0.1, 0.15) is 5.75 Å². The minimum Gasteiger partial charge on any atom is -0.494 e. The molecule has 0 atom stereocenters. The number of hydrogen-bond acceptors (Lipinski definition) is 5. The summed E-state index contributed by atoms with van der Waals surface area (Å²) in [5.74, 6) is 1.84. The first kappa shape index (κ1) is 19.7. The average molecular weight is 434 g/mol. The molecule has 0 unspecified atom stereocenters. The Bertz CT molecular complexity index is 1210. The summed E-state index contributed by atoms with van der Waals surface area (Å²) >= 11 is 1.42. The monoisotopic (exact) mass is 433 g/mol. The predicted octanol–water partition coefficient (Wildman–Crippen LogP) is 4.89. The smallest absolute Gasteiger partial charge is 0.234 e. The summed E-state index contributed by atoms with van der Waals surface area (Å²) in [6.45, 7) is 2.56. The van der Waals surface area contributed by atoms with Gasteiger partial charge in [0.25, 0.3) is 0 Å². The number of carbonyl (C=O) groups excluding carboxylic acids is 1. The molecule has 0 saturated heterocycles. The molecule has 2 N–H and O–H groups in total. The molecular formula is C23H23N5O2S. The highest BCUT2D eigenvalue weighted by Crippen LogP contribution is 2.42. The Morgan fingerprint density at radius 1 is 1.19 bits per heavy atom. The van der Waals surface area contributed by atoms with Crippen LogP contribution in [0.4, 0.5) is 5.69 Å². The molecule has 1 aliphatic carbocycles. The van der Waals surface area contributed by atoms with Gasteiger partial charge in [-0.25, -0.2) is 0 Å². The molecule has 8 heteroatoms. The number of aromatic nitrogens is 4. The van der Waals surface area contributed by atoms with Crippen molar-refractivity contribution in [2.45, 2.75) is 31.0 Å². The number of benzene rings is 2. The fourth-order valence-corrected chi connectivity index (χ4v) is 4.41. The van der Waals surface area contributed by atoms with Crippen molar-refractivity contribution >= 4 is 34.3 Å². The second kappa shape index (κ2) is 8.47. The van der Waals surface area contributed by atoms with E-state index in [2.05, 4.69) is 37.2 Å². The quantitative estimate of drug-likeness (QED) is 0.387. The van der Waals surface area contributed by atoms with Gasteiger partial charge in [0.15, 0.2) is 11.0 Å². The van der Waals surface area contributed by atoms with Gasteiger partial charge in [0.05, 0.1) is 12.4 Å². The van der Waals surface area contributed by atoms with Crippen molar-refractivity contribution in [1.29, 1.82) is 0 Å². The number of aromatic amines is 1. The normalized spacial score (nSPS) is 13.5. The van der Waals surface area contributed by atoms with Gasteiger partial charge in [-0.05, 0) is 50.1 Å². The van der Waals surface area contributed by atoms with Crippen LogP contribution in [-0.4, -0.2) is 38.0 Å². The van der Waals surface area contributed by atoms with Gasteiger partial charge in [-0.15, -0.1) is 10.2 Å². The Balaban J connectivity index is 1.30. The van der Waals surface area contributed by atoms with Crippen LogP contribution in [-0.2, 0) is 4.79 Å². The highest BCUT2D eigenvalue weighted by Gasteiger charge is 2.31. The third kappa shape index (κ3) is 4.16. The summed E-state index contributed by atoms with van der Waals surface area (Å²) < 4.78 is 7.62. The summed E-state index contributed by atoms with van der Waals surface area (Å²) in [4.78, 5) is 15.8. The number of anilines is 1. The van der Waals surface area contributed by atoms with E-state index in [4.69, 9.17) is 4.74 Å². The third-order valence-corrected chi connectivity index (χ3v) is 6.13. The van der Waals surface area contributed by atoms with Crippen molar-refractivity contribution in [2.75, 3.05) is 17.7 Å². The van der Waals surface area contributed by atoms with Crippen LogP contribution in [0, 0.1) is 0 Å². The third-order valence-electron chi connectivity index (χ3n) is 5.19. The first-order valence-electron chi connectivity index (χ1n) is 10.4. The Morgan fingerprint density at radius 3 is 2.77 bits per heavy atom. The largest absolute Gasteiger partial charge is 0.494 e. The van der Waals surface area contributed by atoms with Gasteiger partial charge >= 0.3 is 0 Å². The maximum atomic E-state index is 12.5. The van der Waals surface area contributed by atoms with E-state index in [1.165, 1.54) is 11.8 Å². The van der Waals surface area contributed by atoms with E-state index in [0.717, 1.165) is 51.7 Å². The Hall–Kier alpha value is -3.26. The van der Waals surface area contributed by atoms with Gasteiger partial charge in [-0.1, -0.05) is 30.0 Å². The molecule has 4 aromatic rings. The summed E-state index contributed by atoms with van der Waals surface area (Å²) in [5.41, 5.74) is 2.87. The SMILES string of the molecule is CCOc1ccc(NC(=O)CSc2nnc(-c3c[nH]c4ccccc34)n2C2CC2)cc1. The summed E-state index contributed by atoms with van der Waals surface area (Å²) in [6.07, 6.45) is 4.21. The van der Waals surface area contributed by atoms with E-state index in [1.54, 1.807) is 0 Å². The van der Waals surface area contributed by atoms with E-state index in [1.807, 2.05) is 49.5 Å². The standard InChI is InChI=1S/C23H23N5O2S/c1-2-30-17-11-7-15(8-12-17)25-21(29)14-31-23-27-26-22(28(23)16-9-10-16)19-13-24-20-6-4-3-5-18(19)20/h3-8,11-13,16,24H,2,9-10,14H2,1H3,(H,25,29). The van der Waals surface area contributed by atoms with Crippen molar-refractivity contribution in [2.24, 2.45) is 0 Å². The highest BCUT2D eigenvalue weighted by atomic mass is 32.2. The lowest BCUT2D eigenvalue weighted by atomic mass is 10.1. The molecule has 0 radical (unpaired) electrons. The predicted molar refractivity (Wildman–Crippen MR) is 123 cm³/mol. The molecule has 0 spiro atoms. The molecule has 0 aliphatic heterocycles. The van der Waals surface area contributed by atoms with Crippen LogP contribution in [0.3, 0.4) is 0 Å². The minimum absolute atomic E-state index is 0.0758. The van der Waals surface area contributed by atoms with Crippen LogP contribution in [0.5, 0.6) is 5.75 Å². The van der Waals surface area contributed by atoms with Crippen LogP contribution in [0.15, 0.2) is 59.9 Å². The molecule has 0 bridgehead atoms. The lowest BCUT2D eigenvalue weighted by molar-refractivity contribution is -0.113. The van der Waals surface area contributed by atoms with E-state index < -0.39 is 0 Å². The first-order valence-corrected chi connectivity index (χ1v) is 11.4. The van der Waals surface area contributed by atoms with E-state index >= 15 is 0 Å². The van der Waals surface area contributed by atoms with Gasteiger partial charge < -0.3 is 15.0 Å². The van der Waals surface area contributed by atoms with Gasteiger partial charge in [-0.2, -0.15) is 0 Å². The fraction of sp³-hybridized carbons (Fsp3) is 0.261. The Morgan fingerprint density at radius 2 is 2.00 bits per heavy atom. The average Bonchev–Trinajstić information content (AvgIpc) is 3.39. The molecule has 1 aliphatic rings. The Labute approximate surface area is 184 Å². The topological polar surface area (TPSA) is 84.8 Å². The highest BCUT2D eigenvalue weighted by molar-refractivity contribution is 7.99. The number of rotatable bonds is 8. The van der Waals surface area contributed by atoms with Crippen LogP contribution < -0.4 is 10.1 Å².